The molecule has 3 rings (SSSR count). The third kappa shape index (κ3) is 15.5. The molecule has 2 amide bonds. The summed E-state index contributed by atoms with van der Waals surface area (Å²) in [6, 6.07) is 16.5. The zero-order valence-corrected chi connectivity index (χ0v) is 29.9. The number of nitrogens with one attached hydrogen (secondary N) is 2. The molecule has 0 radical (unpaired) electrons. The number of piperidine rings is 1. The Labute approximate surface area is 284 Å². The lowest BCUT2D eigenvalue weighted by Crippen LogP contribution is -2.55. The lowest BCUT2D eigenvalue weighted by Gasteiger charge is -2.45. The molecular formula is C38H62N5O4+. The minimum atomic E-state index is -0.0896. The van der Waals surface area contributed by atoms with Gasteiger partial charge in [-0.2, -0.15) is 0 Å². The number of ether oxygens (including phenoxy) is 2. The van der Waals surface area contributed by atoms with Gasteiger partial charge < -0.3 is 34.4 Å². The van der Waals surface area contributed by atoms with Crippen molar-refractivity contribution >= 4 is 11.8 Å². The maximum absolute atomic E-state index is 12.2. The highest BCUT2D eigenvalue weighted by Crippen LogP contribution is 2.29. The number of carbonyl (C=O) groups is 2. The van der Waals surface area contributed by atoms with E-state index in [2.05, 4.69) is 41.8 Å². The standard InChI is InChI=1S/C38H61N5O4/c1-6-12-34-17-11-26-43(29-34,24-9-15-32-13-7-18-35(27-32)46-30-37(44)39-20-22-41(2)3)25-10-16-33-14-8-19-36(28-33)47-31-38(45)40-21-23-42(4)5/h7-8,13-14,18-19,27-28,34H,6,9-12,15-17,20-26,29-31H2,1-5H3,(H-,39,40,44,45)/p+1. The third-order valence-electron chi connectivity index (χ3n) is 9.08. The van der Waals surface area contributed by atoms with Gasteiger partial charge in [-0.25, -0.2) is 0 Å². The second-order valence-corrected chi connectivity index (χ2v) is 13.9. The normalized spacial score (nSPS) is 15.9. The molecule has 1 aliphatic heterocycles. The molecule has 1 aliphatic rings. The zero-order chi connectivity index (χ0) is 33.9. The van der Waals surface area contributed by atoms with Crippen molar-refractivity contribution in [3.63, 3.8) is 0 Å². The Balaban J connectivity index is 1.50. The molecule has 1 fully saturated rings. The van der Waals surface area contributed by atoms with E-state index in [0.717, 1.165) is 56.2 Å². The van der Waals surface area contributed by atoms with E-state index < -0.39 is 0 Å². The first kappa shape index (κ1) is 38.3. The van der Waals surface area contributed by atoms with Gasteiger partial charge in [0, 0.05) is 44.9 Å². The van der Waals surface area contributed by atoms with Crippen molar-refractivity contribution in [3.05, 3.63) is 59.7 Å². The van der Waals surface area contributed by atoms with Crippen LogP contribution in [0.1, 0.15) is 56.6 Å². The van der Waals surface area contributed by atoms with Crippen LogP contribution >= 0.6 is 0 Å². The monoisotopic (exact) mass is 652 g/mol. The smallest absolute Gasteiger partial charge is 0.257 e. The van der Waals surface area contributed by atoms with Gasteiger partial charge in [0.15, 0.2) is 13.2 Å². The molecule has 2 aromatic carbocycles. The number of quaternary nitrogens is 1. The van der Waals surface area contributed by atoms with Crippen LogP contribution in [0.4, 0.5) is 0 Å². The highest BCUT2D eigenvalue weighted by atomic mass is 16.5. The molecule has 47 heavy (non-hydrogen) atoms. The first-order valence-corrected chi connectivity index (χ1v) is 17.8. The number of nitrogens with zero attached hydrogens (tertiary/aromatic N) is 3. The van der Waals surface area contributed by atoms with Crippen molar-refractivity contribution < 1.29 is 23.5 Å². The van der Waals surface area contributed by atoms with E-state index >= 15 is 0 Å². The summed E-state index contributed by atoms with van der Waals surface area (Å²) in [6.45, 7) is 10.2. The molecule has 1 saturated heterocycles. The SMILES string of the molecule is CCCC1CCC[N+](CCCc2cccc(OCC(=O)NCCN(C)C)c2)(CCCc2cccc(OCC(=O)NCCN(C)C)c2)C1. The number of likely N-dealkylation sites (N-methyl/N-ethyl adjacent to an activating group) is 2. The van der Waals surface area contributed by atoms with Gasteiger partial charge in [-0.1, -0.05) is 37.6 Å². The van der Waals surface area contributed by atoms with Crippen molar-refractivity contribution in [1.82, 2.24) is 20.4 Å². The average molecular weight is 653 g/mol. The Hall–Kier alpha value is -3.14. The minimum absolute atomic E-state index is 0.0388. The first-order valence-electron chi connectivity index (χ1n) is 17.8. The zero-order valence-electron chi connectivity index (χ0n) is 29.9. The molecule has 0 aliphatic carbocycles. The fourth-order valence-electron chi connectivity index (χ4n) is 6.66. The summed E-state index contributed by atoms with van der Waals surface area (Å²) in [7, 11) is 7.96. The maximum Gasteiger partial charge on any atom is 0.257 e. The van der Waals surface area contributed by atoms with Gasteiger partial charge in [-0.3, -0.25) is 9.59 Å². The molecule has 2 N–H and O–H groups in total. The van der Waals surface area contributed by atoms with Crippen LogP contribution in [0, 0.1) is 5.92 Å². The Kier molecular flexibility index (Phi) is 17.1. The van der Waals surface area contributed by atoms with Crippen LogP contribution in [0.5, 0.6) is 11.5 Å². The molecule has 1 unspecified atom stereocenters. The van der Waals surface area contributed by atoms with Crippen molar-refractivity contribution in [2.45, 2.75) is 58.3 Å². The number of benzene rings is 2. The lowest BCUT2D eigenvalue weighted by molar-refractivity contribution is -0.936. The van der Waals surface area contributed by atoms with Gasteiger partial charge in [-0.15, -0.1) is 0 Å². The molecule has 1 heterocycles. The molecule has 1 atom stereocenters. The van der Waals surface area contributed by atoms with E-state index in [4.69, 9.17) is 9.47 Å². The number of likely N-dealkylation sites (tertiary alicyclic amines) is 1. The summed E-state index contributed by atoms with van der Waals surface area (Å²) in [4.78, 5) is 28.4. The average Bonchev–Trinajstić information content (AvgIpc) is 3.03. The molecule has 0 saturated carbocycles. The van der Waals surface area contributed by atoms with Crippen LogP contribution in [0.25, 0.3) is 0 Å². The quantitative estimate of drug-likeness (QED) is 0.184. The first-order chi connectivity index (χ1) is 22.7. The number of amides is 2. The van der Waals surface area contributed by atoms with Gasteiger partial charge in [0.25, 0.3) is 11.8 Å². The van der Waals surface area contributed by atoms with Gasteiger partial charge in [0.2, 0.25) is 0 Å². The van der Waals surface area contributed by atoms with Crippen molar-refractivity contribution in [1.29, 1.82) is 0 Å². The topological polar surface area (TPSA) is 83.1 Å². The highest BCUT2D eigenvalue weighted by Gasteiger charge is 2.33. The van der Waals surface area contributed by atoms with Crippen molar-refractivity contribution in [2.24, 2.45) is 5.92 Å². The molecular weight excluding hydrogens is 590 g/mol. The van der Waals surface area contributed by atoms with Crippen LogP contribution in [0.2, 0.25) is 0 Å². The molecule has 2 aromatic rings. The summed E-state index contributed by atoms with van der Waals surface area (Å²) >= 11 is 0. The third-order valence-corrected chi connectivity index (χ3v) is 9.08. The largest absolute Gasteiger partial charge is 0.484 e. The van der Waals surface area contributed by atoms with E-state index in [-0.39, 0.29) is 25.0 Å². The van der Waals surface area contributed by atoms with E-state index in [0.29, 0.717) is 13.1 Å². The van der Waals surface area contributed by atoms with E-state index in [9.17, 15) is 9.59 Å². The number of aryl methyl sites for hydroxylation is 2. The number of hydrogen-bond acceptors (Lipinski definition) is 6. The lowest BCUT2D eigenvalue weighted by atomic mass is 9.90. The second-order valence-electron chi connectivity index (χ2n) is 13.9. The van der Waals surface area contributed by atoms with Crippen LogP contribution in [0.3, 0.4) is 0 Å². The van der Waals surface area contributed by atoms with Crippen molar-refractivity contribution in [2.75, 3.05) is 93.8 Å². The highest BCUT2D eigenvalue weighted by molar-refractivity contribution is 5.77. The van der Waals surface area contributed by atoms with Gasteiger partial charge in [-0.05, 0) is 95.7 Å². The van der Waals surface area contributed by atoms with E-state index in [1.54, 1.807) is 0 Å². The summed E-state index contributed by atoms with van der Waals surface area (Å²) in [5.41, 5.74) is 2.53. The molecule has 0 aromatic heterocycles. The Bertz CT molecular complexity index is 1120. The Morgan fingerprint density at radius 3 is 1.79 bits per heavy atom. The Morgan fingerprint density at radius 2 is 1.32 bits per heavy atom. The summed E-state index contributed by atoms with van der Waals surface area (Å²) in [5, 5.41) is 5.81. The summed E-state index contributed by atoms with van der Waals surface area (Å²) < 4.78 is 12.8. The predicted molar refractivity (Wildman–Crippen MR) is 191 cm³/mol. The molecule has 0 bridgehead atoms. The van der Waals surface area contributed by atoms with Crippen molar-refractivity contribution in [3.8, 4) is 11.5 Å². The number of carbonyl (C=O) groups excluding carboxylic acids is 2. The van der Waals surface area contributed by atoms with E-state index in [1.165, 1.54) is 67.5 Å². The number of rotatable bonds is 22. The molecule has 9 nitrogen and oxygen atoms in total. The number of hydrogen-bond donors (Lipinski definition) is 2. The van der Waals surface area contributed by atoms with Gasteiger partial charge in [0.05, 0.1) is 26.2 Å². The fraction of sp³-hybridized carbons (Fsp3) is 0.632. The second kappa shape index (κ2) is 21.0. The Morgan fingerprint density at radius 1 is 0.809 bits per heavy atom. The van der Waals surface area contributed by atoms with Crippen LogP contribution < -0.4 is 20.1 Å². The van der Waals surface area contributed by atoms with Crippen LogP contribution in [0.15, 0.2) is 48.5 Å². The fourth-order valence-corrected chi connectivity index (χ4v) is 6.66. The summed E-state index contributed by atoms with van der Waals surface area (Å²) in [5.74, 6) is 2.15. The van der Waals surface area contributed by atoms with Gasteiger partial charge in [0.1, 0.15) is 11.5 Å². The molecule has 9 heteroatoms. The molecule has 0 spiro atoms. The van der Waals surface area contributed by atoms with E-state index in [1.807, 2.05) is 62.3 Å². The summed E-state index contributed by atoms with van der Waals surface area (Å²) in [6.07, 6.45) is 9.53. The molecule has 262 valence electrons. The maximum atomic E-state index is 12.2. The van der Waals surface area contributed by atoms with Crippen LogP contribution in [-0.2, 0) is 22.4 Å². The minimum Gasteiger partial charge on any atom is -0.484 e. The van der Waals surface area contributed by atoms with Crippen LogP contribution in [-0.4, -0.2) is 120 Å². The van der Waals surface area contributed by atoms with Gasteiger partial charge >= 0.3 is 0 Å². The predicted octanol–water partition coefficient (Wildman–Crippen LogP) is 4.39.